The number of carbonyl (C=O) groups is 1. The zero-order valence-electron chi connectivity index (χ0n) is 20.3. The van der Waals surface area contributed by atoms with Crippen LogP contribution in [0.15, 0.2) is 82.5 Å². The highest BCUT2D eigenvalue weighted by atomic mass is 32.2. The van der Waals surface area contributed by atoms with Gasteiger partial charge in [-0.15, -0.1) is 0 Å². The number of fused-ring (bicyclic) bond motifs is 1. The van der Waals surface area contributed by atoms with Crippen LogP contribution in [-0.2, 0) is 17.6 Å². The normalized spacial score (nSPS) is 17.1. The largest absolute Gasteiger partial charge is 0.330 e. The van der Waals surface area contributed by atoms with Crippen LogP contribution in [0.4, 0.5) is 0 Å². The van der Waals surface area contributed by atoms with E-state index in [1.54, 1.807) is 22.9 Å². The molecule has 2 aromatic heterocycles. The second kappa shape index (κ2) is 10.6. The Hall–Kier alpha value is -3.98. The topological polar surface area (TPSA) is 121 Å². The lowest BCUT2D eigenvalue weighted by molar-refractivity contribution is -0.118. The number of aromatic amines is 1. The van der Waals surface area contributed by atoms with Gasteiger partial charge in [0, 0.05) is 12.2 Å². The number of hydrogen-bond donors (Lipinski definition) is 3. The SMILES string of the molecule is CC(CC(Cc1ccc(CC2SC(=N)NC2=O)cc1)n1c(=O)[nH]c(=O)c2cccnc21)c1ccccc1. The lowest BCUT2D eigenvalue weighted by Crippen LogP contribution is -2.34. The van der Waals surface area contributed by atoms with E-state index in [4.69, 9.17) is 5.41 Å². The highest BCUT2D eigenvalue weighted by Crippen LogP contribution is 2.30. The van der Waals surface area contributed by atoms with Gasteiger partial charge in [0.1, 0.15) is 5.65 Å². The minimum absolute atomic E-state index is 0.133. The third-order valence-electron chi connectivity index (χ3n) is 6.76. The third kappa shape index (κ3) is 5.41. The number of pyridine rings is 1. The smallest absolute Gasteiger partial charge is 0.305 e. The Morgan fingerprint density at radius 2 is 1.73 bits per heavy atom. The molecule has 0 bridgehead atoms. The summed E-state index contributed by atoms with van der Waals surface area (Å²) in [6.45, 7) is 2.14. The van der Waals surface area contributed by atoms with E-state index >= 15 is 0 Å². The van der Waals surface area contributed by atoms with Gasteiger partial charge < -0.3 is 5.32 Å². The van der Waals surface area contributed by atoms with Crippen molar-refractivity contribution in [3.05, 3.63) is 110 Å². The Bertz CT molecular complexity index is 1560. The summed E-state index contributed by atoms with van der Waals surface area (Å²) in [6, 6.07) is 21.3. The summed E-state index contributed by atoms with van der Waals surface area (Å²) in [5, 5.41) is 10.5. The molecular formula is C28H27N5O3S. The molecular weight excluding hydrogens is 486 g/mol. The van der Waals surface area contributed by atoms with E-state index in [1.807, 2.05) is 42.5 Å². The number of H-pyrrole nitrogens is 1. The Balaban J connectivity index is 1.46. The summed E-state index contributed by atoms with van der Waals surface area (Å²) >= 11 is 1.24. The molecule has 1 fully saturated rings. The van der Waals surface area contributed by atoms with Crippen LogP contribution in [0.25, 0.3) is 11.0 Å². The van der Waals surface area contributed by atoms with Gasteiger partial charge in [0.25, 0.3) is 5.56 Å². The highest BCUT2D eigenvalue weighted by molar-refractivity contribution is 8.15. The molecule has 4 aromatic rings. The first-order chi connectivity index (χ1) is 17.9. The molecule has 0 radical (unpaired) electrons. The zero-order chi connectivity index (χ0) is 25.9. The minimum atomic E-state index is -0.468. The van der Waals surface area contributed by atoms with E-state index in [2.05, 4.69) is 34.3 Å². The second-order valence-electron chi connectivity index (χ2n) is 9.35. The summed E-state index contributed by atoms with van der Waals surface area (Å²) < 4.78 is 1.62. The Labute approximate surface area is 217 Å². The molecule has 5 rings (SSSR count). The average Bonchev–Trinajstić information content (AvgIpc) is 3.21. The van der Waals surface area contributed by atoms with E-state index in [9.17, 15) is 14.4 Å². The molecule has 1 aliphatic rings. The zero-order valence-corrected chi connectivity index (χ0v) is 21.1. The van der Waals surface area contributed by atoms with Gasteiger partial charge >= 0.3 is 5.69 Å². The molecule has 1 saturated heterocycles. The number of aromatic nitrogens is 3. The van der Waals surface area contributed by atoms with Gasteiger partial charge in [0.2, 0.25) is 5.91 Å². The molecule has 0 aliphatic carbocycles. The number of nitrogens with zero attached hydrogens (tertiary/aromatic N) is 2. The number of rotatable bonds is 8. The summed E-state index contributed by atoms with van der Waals surface area (Å²) in [5.74, 6) is 0.0298. The molecule has 8 nitrogen and oxygen atoms in total. The van der Waals surface area contributed by atoms with Crippen LogP contribution in [0, 0.1) is 5.41 Å². The molecule has 0 spiro atoms. The van der Waals surface area contributed by atoms with Crippen LogP contribution in [0.1, 0.15) is 42.0 Å². The monoisotopic (exact) mass is 513 g/mol. The average molecular weight is 514 g/mol. The predicted molar refractivity (Wildman–Crippen MR) is 146 cm³/mol. The maximum Gasteiger partial charge on any atom is 0.330 e. The van der Waals surface area contributed by atoms with Crippen molar-refractivity contribution < 1.29 is 4.79 Å². The number of benzene rings is 2. The summed E-state index contributed by atoms with van der Waals surface area (Å²) in [5.41, 5.74) is 2.69. The fraction of sp³-hybridized carbons (Fsp3) is 0.250. The number of amidine groups is 1. The summed E-state index contributed by atoms with van der Waals surface area (Å²) in [6.07, 6.45) is 3.38. The fourth-order valence-electron chi connectivity index (χ4n) is 4.88. The number of hydrogen-bond acceptors (Lipinski definition) is 6. The van der Waals surface area contributed by atoms with Gasteiger partial charge in [-0.3, -0.25) is 24.5 Å². The van der Waals surface area contributed by atoms with E-state index in [1.165, 1.54) is 17.3 Å². The van der Waals surface area contributed by atoms with Crippen molar-refractivity contribution in [2.75, 3.05) is 0 Å². The summed E-state index contributed by atoms with van der Waals surface area (Å²) in [7, 11) is 0. The van der Waals surface area contributed by atoms with Crippen molar-refractivity contribution in [2.45, 2.75) is 43.4 Å². The van der Waals surface area contributed by atoms with E-state index in [0.29, 0.717) is 30.3 Å². The molecule has 37 heavy (non-hydrogen) atoms. The quantitative estimate of drug-likeness (QED) is 0.331. The van der Waals surface area contributed by atoms with Gasteiger partial charge in [0.15, 0.2) is 5.17 Å². The van der Waals surface area contributed by atoms with Crippen LogP contribution >= 0.6 is 11.8 Å². The molecule has 3 unspecified atom stereocenters. The van der Waals surface area contributed by atoms with Gasteiger partial charge in [0.05, 0.1) is 10.6 Å². The molecule has 0 saturated carbocycles. The minimum Gasteiger partial charge on any atom is -0.305 e. The van der Waals surface area contributed by atoms with Crippen molar-refractivity contribution in [2.24, 2.45) is 0 Å². The van der Waals surface area contributed by atoms with Crippen LogP contribution in [0.5, 0.6) is 0 Å². The van der Waals surface area contributed by atoms with Crippen LogP contribution in [-0.4, -0.2) is 30.9 Å². The highest BCUT2D eigenvalue weighted by Gasteiger charge is 2.29. The fourth-order valence-corrected chi connectivity index (χ4v) is 5.77. The maximum absolute atomic E-state index is 13.1. The lowest BCUT2D eigenvalue weighted by atomic mass is 9.90. The number of carbonyl (C=O) groups excluding carboxylic acids is 1. The van der Waals surface area contributed by atoms with E-state index < -0.39 is 11.2 Å². The van der Waals surface area contributed by atoms with Gasteiger partial charge in [-0.2, -0.15) is 0 Å². The predicted octanol–water partition coefficient (Wildman–Crippen LogP) is 3.77. The van der Waals surface area contributed by atoms with Crippen LogP contribution in [0.2, 0.25) is 0 Å². The van der Waals surface area contributed by atoms with E-state index in [-0.39, 0.29) is 28.3 Å². The van der Waals surface area contributed by atoms with E-state index in [0.717, 1.165) is 11.1 Å². The Kier molecular flexibility index (Phi) is 7.05. The first kappa shape index (κ1) is 24.7. The number of thioether (sulfide) groups is 1. The molecule has 3 N–H and O–H groups in total. The number of amides is 1. The molecule has 1 aliphatic heterocycles. The Morgan fingerprint density at radius 1 is 1.00 bits per heavy atom. The Morgan fingerprint density at radius 3 is 2.43 bits per heavy atom. The van der Waals surface area contributed by atoms with Crippen molar-refractivity contribution in [1.29, 1.82) is 5.41 Å². The standard InChI is InChI=1S/C28H27N5O3S/c1-17(20-6-3-2-4-7-20)14-21(33-24-22(8-5-13-30-24)25(34)32-28(33)36)15-18-9-11-19(12-10-18)16-23-26(35)31-27(29)37-23/h2-13,17,21,23H,14-16H2,1H3,(H2,29,31,35)(H,32,34,36). The van der Waals surface area contributed by atoms with Crippen molar-refractivity contribution in [1.82, 2.24) is 19.9 Å². The number of nitrogens with one attached hydrogen (secondary N) is 3. The third-order valence-corrected chi connectivity index (χ3v) is 7.77. The molecule has 9 heteroatoms. The second-order valence-corrected chi connectivity index (χ2v) is 10.6. The van der Waals surface area contributed by atoms with Crippen molar-refractivity contribution >= 4 is 33.9 Å². The summed E-state index contributed by atoms with van der Waals surface area (Å²) in [4.78, 5) is 44.5. The first-order valence-corrected chi connectivity index (χ1v) is 13.1. The molecule has 3 heterocycles. The van der Waals surface area contributed by atoms with Gasteiger partial charge in [-0.05, 0) is 54.0 Å². The van der Waals surface area contributed by atoms with Crippen molar-refractivity contribution in [3.8, 4) is 0 Å². The van der Waals surface area contributed by atoms with Crippen LogP contribution < -0.4 is 16.6 Å². The van der Waals surface area contributed by atoms with Crippen molar-refractivity contribution in [3.63, 3.8) is 0 Å². The van der Waals surface area contributed by atoms with Crippen LogP contribution in [0.3, 0.4) is 0 Å². The van der Waals surface area contributed by atoms with Gasteiger partial charge in [-0.1, -0.05) is 73.3 Å². The molecule has 188 valence electrons. The first-order valence-electron chi connectivity index (χ1n) is 12.2. The molecule has 1 amide bonds. The van der Waals surface area contributed by atoms with Gasteiger partial charge in [-0.25, -0.2) is 9.78 Å². The lowest BCUT2D eigenvalue weighted by Gasteiger charge is -2.24. The molecule has 2 aromatic carbocycles. The maximum atomic E-state index is 13.1. The molecule has 3 atom stereocenters.